The molecule has 0 aromatic carbocycles. The number of hydrogen-bond donors (Lipinski definition) is 1. The van der Waals surface area contributed by atoms with Crippen LogP contribution in [0, 0.1) is 11.8 Å². The van der Waals surface area contributed by atoms with Gasteiger partial charge in [-0.15, -0.1) is 10.2 Å². The number of ether oxygens (including phenoxy) is 6. The smallest absolute Gasteiger partial charge is 0.242 e. The van der Waals surface area contributed by atoms with Gasteiger partial charge in [0.25, 0.3) is 0 Å². The van der Waals surface area contributed by atoms with Crippen LogP contribution < -0.4 is 0 Å². The highest BCUT2D eigenvalue weighted by Gasteiger charge is 2.59. The van der Waals surface area contributed by atoms with E-state index in [1.807, 2.05) is 100 Å². The Labute approximate surface area is 347 Å². The number of fused-ring (bicyclic) bond motifs is 4. The van der Waals surface area contributed by atoms with Gasteiger partial charge in [0.1, 0.15) is 23.2 Å². The third-order valence-corrected chi connectivity index (χ3v) is 10.5. The van der Waals surface area contributed by atoms with Crippen molar-refractivity contribution in [3.63, 3.8) is 0 Å². The molecule has 0 amide bonds. The molecule has 0 spiro atoms. The first-order valence-corrected chi connectivity index (χ1v) is 20.1. The molecule has 6 heterocycles. The first-order valence-electron chi connectivity index (χ1n) is 18.6. The van der Waals surface area contributed by atoms with Crippen molar-refractivity contribution in [1.29, 1.82) is 0 Å². The minimum atomic E-state index is -0.829. The van der Waals surface area contributed by atoms with Crippen LogP contribution in [0.5, 0.6) is 0 Å². The average Bonchev–Trinajstić information content (AvgIpc) is 3.88. The van der Waals surface area contributed by atoms with Crippen LogP contribution in [-0.4, -0.2) is 100 Å². The SMILES string of the molecule is CC(C)(C)OC[C@H]1C=C(c2ccc3c(Cl)nc(Cl)nn23)[C@@H]2OC(C)(C)O[C@H]12.CC(C)(C)OC[C@H]1CC(C)(O)[C@@H]2OC(C)(C)O[C@H]12.Clc1nc(Cl)c2cccn2n1. The van der Waals surface area contributed by atoms with E-state index >= 15 is 0 Å². The first-order chi connectivity index (χ1) is 25.8. The Morgan fingerprint density at radius 3 is 2.02 bits per heavy atom. The van der Waals surface area contributed by atoms with Crippen LogP contribution in [0.2, 0.25) is 20.9 Å². The van der Waals surface area contributed by atoms with Gasteiger partial charge in [0.2, 0.25) is 10.6 Å². The minimum Gasteiger partial charge on any atom is -0.387 e. The fourth-order valence-electron chi connectivity index (χ4n) is 7.40. The van der Waals surface area contributed by atoms with Gasteiger partial charge in [-0.2, -0.15) is 0 Å². The van der Waals surface area contributed by atoms with Crippen molar-refractivity contribution in [3.8, 4) is 0 Å². The number of rotatable bonds is 5. The molecular weight excluding hydrogens is 806 g/mol. The predicted octanol–water partition coefficient (Wildman–Crippen LogP) is 8.51. The van der Waals surface area contributed by atoms with Crippen LogP contribution >= 0.6 is 46.4 Å². The zero-order valence-corrected chi connectivity index (χ0v) is 36.7. The molecule has 8 rings (SSSR count). The first kappa shape index (κ1) is 43.4. The van der Waals surface area contributed by atoms with E-state index in [0.717, 1.165) is 16.8 Å². The molecule has 4 aromatic heterocycles. The monoisotopic (exact) mass is 856 g/mol. The Hall–Kier alpha value is -2.14. The van der Waals surface area contributed by atoms with Crippen LogP contribution in [0.4, 0.5) is 0 Å². The third-order valence-electron chi connectivity index (χ3n) is 9.63. The topological polar surface area (TPSA) is 136 Å². The van der Waals surface area contributed by atoms with Gasteiger partial charge in [0.05, 0.1) is 47.9 Å². The van der Waals surface area contributed by atoms with Crippen LogP contribution in [0.25, 0.3) is 16.6 Å². The molecule has 7 atom stereocenters. The Bertz CT molecular complexity index is 2070. The van der Waals surface area contributed by atoms with Crippen molar-refractivity contribution in [2.45, 2.75) is 135 Å². The average molecular weight is 859 g/mol. The fraction of sp³-hybridized carbons (Fsp3) is 0.641. The highest BCUT2D eigenvalue weighted by atomic mass is 35.5. The van der Waals surface area contributed by atoms with Crippen molar-refractivity contribution in [3.05, 3.63) is 63.1 Å². The summed E-state index contributed by atoms with van der Waals surface area (Å²) in [5.74, 6) is -1.01. The van der Waals surface area contributed by atoms with Gasteiger partial charge in [-0.25, -0.2) is 19.0 Å². The van der Waals surface area contributed by atoms with Gasteiger partial charge in [-0.1, -0.05) is 29.3 Å². The van der Waals surface area contributed by atoms with Crippen molar-refractivity contribution in [2.24, 2.45) is 11.8 Å². The zero-order chi connectivity index (χ0) is 41.2. The molecular formula is C39H52Cl4N6O7. The van der Waals surface area contributed by atoms with E-state index in [9.17, 15) is 5.11 Å². The second kappa shape index (κ2) is 15.8. The lowest BCUT2D eigenvalue weighted by atomic mass is 10.0. The standard InChI is InChI=1S/C19H23Cl2N3O3.C14H26O4.C6H3Cl2N3/c1-18(2,3)25-9-10-8-11(15-14(10)26-19(4,5)27-15)12-6-7-13-16(20)22-17(21)23-24(12)13;1-12(2,3)16-8-9-7-14(6,15)11-10(9)17-13(4,5)18-11;7-5-4-2-1-3-11(4)10-6(8)9-5/h6-8,10,14-15H,9H2,1-5H3;9-11,15H,7-8H2,1-6H3;1-3H/t10-,14-,15+;9-,10-,11-,14?;/m11./s1. The van der Waals surface area contributed by atoms with Crippen LogP contribution in [0.1, 0.15) is 88.3 Å². The molecule has 13 nitrogen and oxygen atoms in total. The van der Waals surface area contributed by atoms with Gasteiger partial charge in [0.15, 0.2) is 21.9 Å². The summed E-state index contributed by atoms with van der Waals surface area (Å²) in [4.78, 5) is 7.78. The largest absolute Gasteiger partial charge is 0.387 e. The molecule has 2 aliphatic heterocycles. The molecule has 1 unspecified atom stereocenters. The molecule has 2 aliphatic carbocycles. The molecule has 3 fully saturated rings. The minimum absolute atomic E-state index is 0.0719. The molecule has 308 valence electrons. The fourth-order valence-corrected chi connectivity index (χ4v) is 8.26. The second-order valence-corrected chi connectivity index (χ2v) is 19.1. The van der Waals surface area contributed by atoms with Crippen molar-refractivity contribution in [1.82, 2.24) is 29.2 Å². The Kier molecular flexibility index (Phi) is 12.3. The number of aromatic nitrogens is 6. The zero-order valence-electron chi connectivity index (χ0n) is 33.6. The van der Waals surface area contributed by atoms with E-state index in [0.29, 0.717) is 35.5 Å². The Balaban J connectivity index is 0.000000157. The maximum atomic E-state index is 10.4. The normalized spacial score (nSPS) is 29.1. The van der Waals surface area contributed by atoms with Crippen molar-refractivity contribution in [2.75, 3.05) is 13.2 Å². The number of aliphatic hydroxyl groups is 1. The lowest BCUT2D eigenvalue weighted by Crippen LogP contribution is -2.38. The second-order valence-electron chi connectivity index (χ2n) is 17.7. The number of nitrogens with zero attached hydrogens (tertiary/aromatic N) is 6. The summed E-state index contributed by atoms with van der Waals surface area (Å²) < 4.78 is 39.3. The molecule has 2 saturated heterocycles. The lowest BCUT2D eigenvalue weighted by Gasteiger charge is -2.28. The van der Waals surface area contributed by atoms with E-state index in [1.54, 1.807) is 15.2 Å². The highest BCUT2D eigenvalue weighted by molar-refractivity contribution is 6.34. The summed E-state index contributed by atoms with van der Waals surface area (Å²) in [6.45, 7) is 22.8. The van der Waals surface area contributed by atoms with Gasteiger partial charge in [-0.05, 0) is 130 Å². The summed E-state index contributed by atoms with van der Waals surface area (Å²) in [6.07, 6.45) is 3.93. The van der Waals surface area contributed by atoms with Crippen molar-refractivity contribution < 1.29 is 33.5 Å². The quantitative estimate of drug-likeness (QED) is 0.207. The molecule has 1 saturated carbocycles. The molecule has 1 N–H and O–H groups in total. The summed E-state index contributed by atoms with van der Waals surface area (Å²) >= 11 is 23.5. The van der Waals surface area contributed by atoms with Crippen LogP contribution in [-0.2, 0) is 28.4 Å². The highest BCUT2D eigenvalue weighted by Crippen LogP contribution is 2.48. The summed E-state index contributed by atoms with van der Waals surface area (Å²) in [5, 5.41) is 19.6. The molecule has 0 bridgehead atoms. The maximum Gasteiger partial charge on any atom is 0.242 e. The summed E-state index contributed by atoms with van der Waals surface area (Å²) in [7, 11) is 0. The lowest BCUT2D eigenvalue weighted by molar-refractivity contribution is -0.183. The van der Waals surface area contributed by atoms with E-state index in [-0.39, 0.29) is 58.0 Å². The van der Waals surface area contributed by atoms with E-state index in [1.165, 1.54) is 0 Å². The number of hydrogen-bond acceptors (Lipinski definition) is 11. The number of halogens is 4. The molecule has 56 heavy (non-hydrogen) atoms. The van der Waals surface area contributed by atoms with E-state index < -0.39 is 17.2 Å². The van der Waals surface area contributed by atoms with E-state index in [2.05, 4.69) is 26.2 Å². The van der Waals surface area contributed by atoms with E-state index in [4.69, 9.17) is 74.8 Å². The predicted molar refractivity (Wildman–Crippen MR) is 215 cm³/mol. The molecule has 0 radical (unpaired) electrons. The maximum absolute atomic E-state index is 10.4. The van der Waals surface area contributed by atoms with Crippen LogP contribution in [0.3, 0.4) is 0 Å². The molecule has 17 heteroatoms. The Morgan fingerprint density at radius 2 is 1.36 bits per heavy atom. The van der Waals surface area contributed by atoms with Gasteiger partial charge < -0.3 is 33.5 Å². The van der Waals surface area contributed by atoms with Gasteiger partial charge in [-0.3, -0.25) is 0 Å². The van der Waals surface area contributed by atoms with Gasteiger partial charge >= 0.3 is 0 Å². The molecule has 4 aliphatic rings. The van der Waals surface area contributed by atoms with Crippen molar-refractivity contribution >= 4 is 63.0 Å². The molecule has 4 aromatic rings. The van der Waals surface area contributed by atoms with Crippen LogP contribution in [0.15, 0.2) is 36.5 Å². The third kappa shape index (κ3) is 9.99. The summed E-state index contributed by atoms with van der Waals surface area (Å²) in [5.41, 5.74) is 2.10. The Morgan fingerprint density at radius 1 is 0.768 bits per heavy atom. The van der Waals surface area contributed by atoms with Gasteiger partial charge in [0, 0.05) is 23.6 Å². The summed E-state index contributed by atoms with van der Waals surface area (Å²) in [6, 6.07) is 7.48.